The van der Waals surface area contributed by atoms with Crippen LogP contribution in [0, 0.1) is 12.8 Å². The smallest absolute Gasteiger partial charge is 0.272 e. The van der Waals surface area contributed by atoms with Gasteiger partial charge in [-0.05, 0) is 25.5 Å². The Balaban J connectivity index is 2.01. The molecule has 1 aliphatic rings. The number of nitrogens with zero attached hydrogens (tertiary/aromatic N) is 2. The van der Waals surface area contributed by atoms with Crippen molar-refractivity contribution >= 4 is 11.0 Å². The third kappa shape index (κ3) is 2.34. The molecule has 3 rings (SSSR count). The molecule has 0 amide bonds. The highest BCUT2D eigenvalue weighted by atomic mass is 16.5. The Kier molecular flexibility index (Phi) is 3.54. The number of aliphatic hydroxyl groups is 1. The standard InChI is InChI=1S/C15H18N2O3/c1-10-15(19)17(8-14(18)11-6-7-20-9-11)13-5-3-2-4-12(13)16-10/h2-5,11,14,18H,6-9H2,1H3. The molecule has 0 radical (unpaired) electrons. The molecule has 1 aliphatic heterocycles. The van der Waals surface area contributed by atoms with Gasteiger partial charge in [0.05, 0.1) is 30.3 Å². The molecule has 2 atom stereocenters. The minimum Gasteiger partial charge on any atom is -0.391 e. The van der Waals surface area contributed by atoms with Crippen molar-refractivity contribution in [1.29, 1.82) is 0 Å². The van der Waals surface area contributed by atoms with Gasteiger partial charge in [0.25, 0.3) is 5.56 Å². The topological polar surface area (TPSA) is 64.3 Å². The third-order valence-electron chi connectivity index (χ3n) is 3.89. The van der Waals surface area contributed by atoms with Gasteiger partial charge in [-0.15, -0.1) is 0 Å². The van der Waals surface area contributed by atoms with Gasteiger partial charge in [-0.3, -0.25) is 4.79 Å². The predicted molar refractivity (Wildman–Crippen MR) is 75.7 cm³/mol. The van der Waals surface area contributed by atoms with Crippen LogP contribution in [-0.4, -0.2) is 34.0 Å². The maximum Gasteiger partial charge on any atom is 0.272 e. The SMILES string of the molecule is Cc1nc2ccccc2n(CC(O)C2CCOC2)c1=O. The number of aromatic nitrogens is 2. The summed E-state index contributed by atoms with van der Waals surface area (Å²) < 4.78 is 6.92. The molecule has 2 unspecified atom stereocenters. The van der Waals surface area contributed by atoms with Crippen molar-refractivity contribution < 1.29 is 9.84 Å². The number of para-hydroxylation sites is 2. The van der Waals surface area contributed by atoms with Crippen molar-refractivity contribution in [2.24, 2.45) is 5.92 Å². The maximum atomic E-state index is 12.3. The van der Waals surface area contributed by atoms with E-state index in [0.29, 0.717) is 18.9 Å². The molecular formula is C15H18N2O3. The highest BCUT2D eigenvalue weighted by Gasteiger charge is 2.25. The quantitative estimate of drug-likeness (QED) is 0.910. The Morgan fingerprint density at radius 2 is 2.30 bits per heavy atom. The summed E-state index contributed by atoms with van der Waals surface area (Å²) >= 11 is 0. The average Bonchev–Trinajstić information content (AvgIpc) is 2.98. The molecule has 1 saturated heterocycles. The van der Waals surface area contributed by atoms with Crippen LogP contribution in [0.15, 0.2) is 29.1 Å². The molecule has 1 N–H and O–H groups in total. The first-order valence-electron chi connectivity index (χ1n) is 6.89. The van der Waals surface area contributed by atoms with Gasteiger partial charge >= 0.3 is 0 Å². The lowest BCUT2D eigenvalue weighted by atomic mass is 10.0. The van der Waals surface area contributed by atoms with Gasteiger partial charge in [0.15, 0.2) is 0 Å². The summed E-state index contributed by atoms with van der Waals surface area (Å²) in [6.45, 7) is 3.25. The zero-order chi connectivity index (χ0) is 14.1. The van der Waals surface area contributed by atoms with Gasteiger partial charge in [0.1, 0.15) is 5.69 Å². The summed E-state index contributed by atoms with van der Waals surface area (Å²) in [6, 6.07) is 7.51. The van der Waals surface area contributed by atoms with E-state index in [9.17, 15) is 9.90 Å². The van der Waals surface area contributed by atoms with Crippen molar-refractivity contribution in [1.82, 2.24) is 9.55 Å². The second kappa shape index (κ2) is 5.34. The van der Waals surface area contributed by atoms with Gasteiger partial charge in [-0.25, -0.2) is 4.98 Å². The third-order valence-corrected chi connectivity index (χ3v) is 3.89. The molecule has 2 aromatic rings. The molecule has 1 aromatic heterocycles. The molecule has 0 bridgehead atoms. The van der Waals surface area contributed by atoms with Crippen LogP contribution < -0.4 is 5.56 Å². The lowest BCUT2D eigenvalue weighted by Crippen LogP contribution is -2.33. The Hall–Kier alpha value is -1.72. The molecular weight excluding hydrogens is 256 g/mol. The van der Waals surface area contributed by atoms with Crippen molar-refractivity contribution in [2.45, 2.75) is 26.0 Å². The van der Waals surface area contributed by atoms with E-state index in [2.05, 4.69) is 4.98 Å². The fraction of sp³-hybridized carbons (Fsp3) is 0.467. The highest BCUT2D eigenvalue weighted by molar-refractivity contribution is 5.74. The van der Waals surface area contributed by atoms with Crippen molar-refractivity contribution in [2.75, 3.05) is 13.2 Å². The van der Waals surface area contributed by atoms with E-state index >= 15 is 0 Å². The summed E-state index contributed by atoms with van der Waals surface area (Å²) in [4.78, 5) is 16.6. The van der Waals surface area contributed by atoms with Crippen LogP contribution in [0.3, 0.4) is 0 Å². The van der Waals surface area contributed by atoms with Crippen LogP contribution >= 0.6 is 0 Å². The molecule has 0 aliphatic carbocycles. The zero-order valence-electron chi connectivity index (χ0n) is 11.5. The molecule has 20 heavy (non-hydrogen) atoms. The number of hydrogen-bond donors (Lipinski definition) is 1. The molecule has 5 nitrogen and oxygen atoms in total. The van der Waals surface area contributed by atoms with Crippen LogP contribution in [0.4, 0.5) is 0 Å². The fourth-order valence-electron chi connectivity index (χ4n) is 2.69. The number of fused-ring (bicyclic) bond motifs is 1. The van der Waals surface area contributed by atoms with Crippen LogP contribution in [-0.2, 0) is 11.3 Å². The number of benzene rings is 1. The minimum atomic E-state index is -0.569. The first-order chi connectivity index (χ1) is 9.66. The summed E-state index contributed by atoms with van der Waals surface area (Å²) in [5, 5.41) is 10.3. The van der Waals surface area contributed by atoms with E-state index < -0.39 is 6.10 Å². The lowest BCUT2D eigenvalue weighted by molar-refractivity contribution is 0.0779. The van der Waals surface area contributed by atoms with Crippen LogP contribution in [0.2, 0.25) is 0 Å². The van der Waals surface area contributed by atoms with E-state index in [1.807, 2.05) is 24.3 Å². The van der Waals surface area contributed by atoms with Crippen molar-refractivity contribution in [3.05, 3.63) is 40.3 Å². The summed E-state index contributed by atoms with van der Waals surface area (Å²) in [7, 11) is 0. The summed E-state index contributed by atoms with van der Waals surface area (Å²) in [6.07, 6.45) is 0.276. The normalized spacial score (nSPS) is 20.4. The molecule has 5 heteroatoms. The van der Waals surface area contributed by atoms with Gasteiger partial charge in [-0.2, -0.15) is 0 Å². The second-order valence-corrected chi connectivity index (χ2v) is 5.29. The second-order valence-electron chi connectivity index (χ2n) is 5.29. The molecule has 106 valence electrons. The number of ether oxygens (including phenoxy) is 1. The Morgan fingerprint density at radius 1 is 1.50 bits per heavy atom. The number of hydrogen-bond acceptors (Lipinski definition) is 4. The van der Waals surface area contributed by atoms with E-state index in [4.69, 9.17) is 4.74 Å². The van der Waals surface area contributed by atoms with Gasteiger partial charge in [0, 0.05) is 12.5 Å². The number of rotatable bonds is 3. The number of aryl methyl sites for hydroxylation is 1. The first kappa shape index (κ1) is 13.3. The van der Waals surface area contributed by atoms with Crippen molar-refractivity contribution in [3.8, 4) is 0 Å². The van der Waals surface area contributed by atoms with E-state index in [-0.39, 0.29) is 18.0 Å². The fourth-order valence-corrected chi connectivity index (χ4v) is 2.69. The Bertz CT molecular complexity index is 674. The lowest BCUT2D eigenvalue weighted by Gasteiger charge is -2.19. The van der Waals surface area contributed by atoms with Gasteiger partial charge in [0.2, 0.25) is 0 Å². The minimum absolute atomic E-state index is 0.106. The molecule has 0 saturated carbocycles. The number of aliphatic hydroxyl groups excluding tert-OH is 1. The molecule has 2 heterocycles. The average molecular weight is 274 g/mol. The summed E-state index contributed by atoms with van der Waals surface area (Å²) in [5.41, 5.74) is 1.86. The van der Waals surface area contributed by atoms with Gasteiger partial charge < -0.3 is 14.4 Å². The Morgan fingerprint density at radius 3 is 3.05 bits per heavy atom. The molecule has 1 fully saturated rings. The predicted octanol–water partition coefficient (Wildman–Crippen LogP) is 1.10. The zero-order valence-corrected chi connectivity index (χ0v) is 11.5. The maximum absolute atomic E-state index is 12.3. The van der Waals surface area contributed by atoms with E-state index in [0.717, 1.165) is 17.5 Å². The monoisotopic (exact) mass is 274 g/mol. The van der Waals surface area contributed by atoms with E-state index in [1.54, 1.807) is 11.5 Å². The summed E-state index contributed by atoms with van der Waals surface area (Å²) in [5.74, 6) is 0.106. The highest BCUT2D eigenvalue weighted by Crippen LogP contribution is 2.19. The van der Waals surface area contributed by atoms with E-state index in [1.165, 1.54) is 0 Å². The Labute approximate surface area is 116 Å². The molecule has 0 spiro atoms. The van der Waals surface area contributed by atoms with Crippen molar-refractivity contribution in [3.63, 3.8) is 0 Å². The van der Waals surface area contributed by atoms with Crippen LogP contribution in [0.5, 0.6) is 0 Å². The largest absolute Gasteiger partial charge is 0.391 e. The first-order valence-corrected chi connectivity index (χ1v) is 6.89. The van der Waals surface area contributed by atoms with Crippen LogP contribution in [0.1, 0.15) is 12.1 Å². The molecule has 1 aromatic carbocycles. The van der Waals surface area contributed by atoms with Crippen LogP contribution in [0.25, 0.3) is 11.0 Å². The van der Waals surface area contributed by atoms with Gasteiger partial charge in [-0.1, -0.05) is 12.1 Å².